The first-order valence-corrected chi connectivity index (χ1v) is 16.8. The zero-order valence-electron chi connectivity index (χ0n) is 28.9. The van der Waals surface area contributed by atoms with E-state index < -0.39 is 18.0 Å². The number of fused-ring (bicyclic) bond motifs is 1. The number of aryl methyl sites for hydroxylation is 1. The Hall–Kier alpha value is -5.68. The molecule has 6 rings (SSSR count). The average Bonchev–Trinajstić information content (AvgIpc) is 3.59. The van der Waals surface area contributed by atoms with Gasteiger partial charge >= 0.3 is 11.9 Å². The van der Waals surface area contributed by atoms with Crippen LogP contribution in [-0.4, -0.2) is 49.0 Å². The summed E-state index contributed by atoms with van der Waals surface area (Å²) in [6.07, 6.45) is 1.85. The lowest BCUT2D eigenvalue weighted by atomic mass is 9.93. The maximum absolute atomic E-state index is 14.5. The van der Waals surface area contributed by atoms with E-state index in [0.29, 0.717) is 43.2 Å². The van der Waals surface area contributed by atoms with Crippen LogP contribution in [0.5, 0.6) is 11.5 Å². The van der Waals surface area contributed by atoms with Crippen molar-refractivity contribution in [1.82, 2.24) is 9.13 Å². The van der Waals surface area contributed by atoms with Gasteiger partial charge in [-0.25, -0.2) is 14.6 Å². The molecule has 0 saturated heterocycles. The predicted octanol–water partition coefficient (Wildman–Crippen LogP) is 5.46. The number of rotatable bonds is 9. The molecular formula is C39H37N3O7S. The first-order chi connectivity index (χ1) is 24.1. The number of nitrogens with zero attached hydrogens (tertiary/aromatic N) is 3. The summed E-state index contributed by atoms with van der Waals surface area (Å²) in [5.74, 6) is -0.0181. The summed E-state index contributed by atoms with van der Waals surface area (Å²) in [5, 5.41) is 0. The zero-order chi connectivity index (χ0) is 35.7. The van der Waals surface area contributed by atoms with Crippen molar-refractivity contribution in [3.63, 3.8) is 0 Å². The van der Waals surface area contributed by atoms with E-state index in [9.17, 15) is 14.4 Å². The lowest BCUT2D eigenvalue weighted by Crippen LogP contribution is -2.40. The molecule has 0 N–H and O–H groups in total. The molecule has 0 amide bonds. The fraction of sp³-hybridized carbons (Fsp3) is 0.231. The monoisotopic (exact) mass is 691 g/mol. The minimum atomic E-state index is -0.876. The number of aromatic nitrogens is 2. The molecule has 5 aromatic rings. The molecule has 1 atom stereocenters. The zero-order valence-corrected chi connectivity index (χ0v) is 29.7. The molecule has 0 unspecified atom stereocenters. The van der Waals surface area contributed by atoms with Crippen LogP contribution in [0.4, 0.5) is 0 Å². The second-order valence-electron chi connectivity index (χ2n) is 11.6. The van der Waals surface area contributed by atoms with Crippen LogP contribution in [0.2, 0.25) is 0 Å². The molecular weight excluding hydrogens is 655 g/mol. The largest absolute Gasteiger partial charge is 0.493 e. The quantitative estimate of drug-likeness (QED) is 0.189. The summed E-state index contributed by atoms with van der Waals surface area (Å²) >= 11 is 1.25. The first kappa shape index (κ1) is 34.2. The lowest BCUT2D eigenvalue weighted by Gasteiger charge is -2.26. The fourth-order valence-electron chi connectivity index (χ4n) is 6.42. The molecule has 3 heterocycles. The Morgan fingerprint density at radius 1 is 0.900 bits per heavy atom. The van der Waals surface area contributed by atoms with E-state index in [1.807, 2.05) is 81.4 Å². The normalized spacial score (nSPS) is 14.2. The van der Waals surface area contributed by atoms with Crippen LogP contribution in [0.25, 0.3) is 17.5 Å². The summed E-state index contributed by atoms with van der Waals surface area (Å²) in [5.41, 5.74) is 6.42. The Morgan fingerprint density at radius 3 is 2.32 bits per heavy atom. The van der Waals surface area contributed by atoms with Gasteiger partial charge in [0.05, 0.1) is 55.3 Å². The minimum absolute atomic E-state index is 0.144. The highest BCUT2D eigenvalue weighted by molar-refractivity contribution is 7.07. The summed E-state index contributed by atoms with van der Waals surface area (Å²) < 4.78 is 25.8. The van der Waals surface area contributed by atoms with Gasteiger partial charge in [0.15, 0.2) is 16.3 Å². The van der Waals surface area contributed by atoms with Gasteiger partial charge < -0.3 is 23.5 Å². The molecule has 0 radical (unpaired) electrons. The number of thiazole rings is 1. The third-order valence-electron chi connectivity index (χ3n) is 8.81. The number of methoxy groups -OCH3 is 3. The molecule has 11 heteroatoms. The van der Waals surface area contributed by atoms with E-state index in [2.05, 4.69) is 4.57 Å². The topological polar surface area (TPSA) is 110 Å². The highest BCUT2D eigenvalue weighted by Crippen LogP contribution is 2.38. The standard InChI is InChI=1S/C39H37N3O7S/c1-8-49-38(45)33-34(25-13-10-9-11-14-25)40-39-42(35(33)26-17-18-30(46-5)31(20-26)47-6)36(43)32(50-39)21-27-19-22(2)41(24(27)4)29-16-12-15-28(23(29)3)37(44)48-7/h9-21,35H,8H2,1-7H3/b32-21+/t35-/m1/s1. The molecule has 3 aromatic carbocycles. The molecule has 10 nitrogen and oxygen atoms in total. The van der Waals surface area contributed by atoms with Crippen molar-refractivity contribution < 1.29 is 28.5 Å². The smallest absolute Gasteiger partial charge is 0.338 e. The predicted molar refractivity (Wildman–Crippen MR) is 192 cm³/mol. The van der Waals surface area contributed by atoms with Gasteiger partial charge in [0, 0.05) is 22.6 Å². The van der Waals surface area contributed by atoms with E-state index in [1.165, 1.54) is 25.6 Å². The van der Waals surface area contributed by atoms with Gasteiger partial charge in [-0.1, -0.05) is 53.8 Å². The molecule has 2 aromatic heterocycles. The number of esters is 2. The number of hydrogen-bond acceptors (Lipinski definition) is 9. The molecule has 50 heavy (non-hydrogen) atoms. The van der Waals surface area contributed by atoms with E-state index >= 15 is 0 Å². The Labute approximate surface area is 293 Å². The number of carbonyl (C=O) groups is 2. The van der Waals surface area contributed by atoms with Crippen LogP contribution >= 0.6 is 11.3 Å². The molecule has 1 aliphatic rings. The maximum Gasteiger partial charge on any atom is 0.338 e. The van der Waals surface area contributed by atoms with Crippen LogP contribution in [0.3, 0.4) is 0 Å². The molecule has 256 valence electrons. The average molecular weight is 692 g/mol. The summed E-state index contributed by atoms with van der Waals surface area (Å²) in [6, 6.07) is 21.4. The summed E-state index contributed by atoms with van der Waals surface area (Å²) in [7, 11) is 4.45. The van der Waals surface area contributed by atoms with Crippen LogP contribution in [0.15, 0.2) is 88.2 Å². The Bertz CT molecular complexity index is 2350. The number of benzene rings is 3. The van der Waals surface area contributed by atoms with E-state index in [-0.39, 0.29) is 17.7 Å². The third-order valence-corrected chi connectivity index (χ3v) is 9.79. The lowest BCUT2D eigenvalue weighted by molar-refractivity contribution is -0.138. The first-order valence-electron chi connectivity index (χ1n) is 16.0. The van der Waals surface area contributed by atoms with Gasteiger partial charge in [0.1, 0.15) is 0 Å². The van der Waals surface area contributed by atoms with Crippen molar-refractivity contribution in [3.8, 4) is 17.2 Å². The number of ether oxygens (including phenoxy) is 4. The molecule has 0 fully saturated rings. The molecule has 0 bridgehead atoms. The van der Waals surface area contributed by atoms with Crippen molar-refractivity contribution in [2.24, 2.45) is 4.99 Å². The Kier molecular flexibility index (Phi) is 9.61. The van der Waals surface area contributed by atoms with E-state index in [4.69, 9.17) is 23.9 Å². The Morgan fingerprint density at radius 2 is 1.64 bits per heavy atom. The van der Waals surface area contributed by atoms with Crippen molar-refractivity contribution in [1.29, 1.82) is 0 Å². The molecule has 0 spiro atoms. The third kappa shape index (κ3) is 5.94. The van der Waals surface area contributed by atoms with Gasteiger partial charge in [-0.2, -0.15) is 0 Å². The van der Waals surface area contributed by atoms with Gasteiger partial charge in [0.2, 0.25) is 0 Å². The highest BCUT2D eigenvalue weighted by Gasteiger charge is 2.35. The fourth-order valence-corrected chi connectivity index (χ4v) is 7.41. The van der Waals surface area contributed by atoms with Crippen molar-refractivity contribution in [2.45, 2.75) is 33.7 Å². The molecule has 0 saturated carbocycles. The van der Waals surface area contributed by atoms with Crippen LogP contribution in [0, 0.1) is 20.8 Å². The van der Waals surface area contributed by atoms with E-state index in [0.717, 1.165) is 28.2 Å². The summed E-state index contributed by atoms with van der Waals surface area (Å²) in [6.45, 7) is 7.72. The van der Waals surface area contributed by atoms with Crippen molar-refractivity contribution in [2.75, 3.05) is 27.9 Å². The van der Waals surface area contributed by atoms with Gasteiger partial charge in [-0.15, -0.1) is 0 Å². The van der Waals surface area contributed by atoms with Crippen molar-refractivity contribution >= 4 is 35.0 Å². The van der Waals surface area contributed by atoms with Crippen LogP contribution in [0.1, 0.15) is 57.0 Å². The van der Waals surface area contributed by atoms with Crippen molar-refractivity contribution in [3.05, 3.63) is 137 Å². The van der Waals surface area contributed by atoms with Crippen LogP contribution < -0.4 is 24.4 Å². The molecule has 0 aliphatic carbocycles. The highest BCUT2D eigenvalue weighted by atomic mass is 32.1. The van der Waals surface area contributed by atoms with Gasteiger partial charge in [0.25, 0.3) is 5.56 Å². The van der Waals surface area contributed by atoms with Crippen LogP contribution in [-0.2, 0) is 14.3 Å². The Balaban J connectivity index is 1.60. The second kappa shape index (κ2) is 14.0. The second-order valence-corrected chi connectivity index (χ2v) is 12.7. The van der Waals surface area contributed by atoms with Gasteiger partial charge in [-0.05, 0) is 80.8 Å². The van der Waals surface area contributed by atoms with Gasteiger partial charge in [-0.3, -0.25) is 9.36 Å². The number of hydrogen-bond donors (Lipinski definition) is 0. The minimum Gasteiger partial charge on any atom is -0.493 e. The molecule has 1 aliphatic heterocycles. The maximum atomic E-state index is 14.5. The summed E-state index contributed by atoms with van der Waals surface area (Å²) in [4.78, 5) is 46.2. The number of carbonyl (C=O) groups excluding carboxylic acids is 2. The van der Waals surface area contributed by atoms with E-state index in [1.54, 1.807) is 36.8 Å². The SMILES string of the molecule is CCOC(=O)C1=C(c2ccccc2)N=c2s/c(=C/c3cc(C)n(-c4cccc(C(=O)OC)c4C)c3C)c(=O)n2[C@@H]1c1ccc(OC)c(OC)c1.